The Hall–Kier alpha value is -1.36. The number of carbonyl (C=O) groups excluding carboxylic acids is 1. The lowest BCUT2D eigenvalue weighted by atomic mass is 10.0. The van der Waals surface area contributed by atoms with E-state index in [1.165, 1.54) is 0 Å². The number of hydrogen-bond acceptors (Lipinski definition) is 3. The van der Waals surface area contributed by atoms with E-state index in [0.717, 1.165) is 18.5 Å². The van der Waals surface area contributed by atoms with Gasteiger partial charge in [0.2, 0.25) is 0 Å². The molecule has 2 atom stereocenters. The molecule has 2 unspecified atom stereocenters. The van der Waals surface area contributed by atoms with Crippen LogP contribution in [0.25, 0.3) is 0 Å². The Morgan fingerprint density at radius 1 is 1.45 bits per heavy atom. The number of rotatable bonds is 6. The van der Waals surface area contributed by atoms with E-state index >= 15 is 0 Å². The molecular weight excluding hydrogens is 254 g/mol. The van der Waals surface area contributed by atoms with E-state index in [4.69, 9.17) is 5.11 Å². The van der Waals surface area contributed by atoms with Gasteiger partial charge in [0.15, 0.2) is 0 Å². The number of nitrogens with zero attached hydrogens (tertiary/aromatic N) is 2. The third kappa shape index (κ3) is 3.03. The molecule has 1 saturated carbocycles. The highest BCUT2D eigenvalue weighted by molar-refractivity contribution is 5.95. The summed E-state index contributed by atoms with van der Waals surface area (Å²) in [6.45, 7) is 8.07. The summed E-state index contributed by atoms with van der Waals surface area (Å²) >= 11 is 0. The molecule has 1 aromatic heterocycles. The van der Waals surface area contributed by atoms with Gasteiger partial charge in [-0.3, -0.25) is 9.48 Å². The van der Waals surface area contributed by atoms with E-state index in [1.54, 1.807) is 6.20 Å². The number of amides is 1. The molecule has 0 radical (unpaired) electrons. The number of nitrogens with one attached hydrogen (secondary N) is 1. The molecule has 1 amide bonds. The lowest BCUT2D eigenvalue weighted by molar-refractivity contribution is 0.0915. The van der Waals surface area contributed by atoms with Crippen LogP contribution in [0.1, 0.15) is 68.5 Å². The van der Waals surface area contributed by atoms with Gasteiger partial charge < -0.3 is 10.4 Å². The van der Waals surface area contributed by atoms with Crippen molar-refractivity contribution in [3.05, 3.63) is 17.5 Å². The fourth-order valence-corrected chi connectivity index (χ4v) is 2.31. The Morgan fingerprint density at radius 3 is 2.60 bits per heavy atom. The average molecular weight is 279 g/mol. The van der Waals surface area contributed by atoms with Crippen molar-refractivity contribution in [3.8, 4) is 0 Å². The molecule has 5 nitrogen and oxygen atoms in total. The number of aromatic nitrogens is 2. The maximum atomic E-state index is 12.4. The van der Waals surface area contributed by atoms with Gasteiger partial charge in [0.25, 0.3) is 5.91 Å². The Kier molecular flexibility index (Phi) is 4.48. The summed E-state index contributed by atoms with van der Waals surface area (Å²) in [6.07, 6.45) is 3.96. The maximum absolute atomic E-state index is 12.4. The fourth-order valence-electron chi connectivity index (χ4n) is 2.31. The van der Waals surface area contributed by atoms with Crippen molar-refractivity contribution in [2.45, 2.75) is 58.5 Å². The van der Waals surface area contributed by atoms with Gasteiger partial charge in [0.1, 0.15) is 0 Å². The second-order valence-electron chi connectivity index (χ2n) is 6.18. The van der Waals surface area contributed by atoms with Crippen LogP contribution in [0, 0.1) is 5.92 Å². The Morgan fingerprint density at radius 2 is 2.10 bits per heavy atom. The smallest absolute Gasteiger partial charge is 0.254 e. The van der Waals surface area contributed by atoms with Crippen LogP contribution in [0.3, 0.4) is 0 Å². The summed E-state index contributed by atoms with van der Waals surface area (Å²) in [4.78, 5) is 12.4. The van der Waals surface area contributed by atoms with Crippen LogP contribution in [-0.4, -0.2) is 33.4 Å². The van der Waals surface area contributed by atoms with Gasteiger partial charge in [-0.1, -0.05) is 6.92 Å². The maximum Gasteiger partial charge on any atom is 0.254 e. The molecule has 2 N–H and O–H groups in total. The molecule has 1 aliphatic carbocycles. The summed E-state index contributed by atoms with van der Waals surface area (Å²) in [5.74, 6) is 0.446. The zero-order valence-electron chi connectivity index (χ0n) is 12.8. The largest absolute Gasteiger partial charge is 0.396 e. The molecular formula is C15H25N3O2. The Bertz CT molecular complexity index is 477. The second-order valence-corrected chi connectivity index (χ2v) is 6.18. The van der Waals surface area contributed by atoms with Crippen LogP contribution >= 0.6 is 0 Å². The average Bonchev–Trinajstić information content (AvgIpc) is 3.15. The minimum absolute atomic E-state index is 0.0449. The first kappa shape index (κ1) is 15.0. The molecule has 1 fully saturated rings. The van der Waals surface area contributed by atoms with Gasteiger partial charge in [0.05, 0.1) is 17.5 Å². The molecule has 1 heterocycles. The first-order valence-electron chi connectivity index (χ1n) is 7.44. The first-order chi connectivity index (χ1) is 9.45. The second kappa shape index (κ2) is 5.95. The minimum atomic E-state index is -0.0772. The first-order valence-corrected chi connectivity index (χ1v) is 7.44. The van der Waals surface area contributed by atoms with E-state index in [9.17, 15) is 4.79 Å². The van der Waals surface area contributed by atoms with E-state index in [0.29, 0.717) is 11.5 Å². The monoisotopic (exact) mass is 279 g/mol. The summed E-state index contributed by atoms with van der Waals surface area (Å²) < 4.78 is 1.96. The van der Waals surface area contributed by atoms with E-state index in [1.807, 2.05) is 18.5 Å². The van der Waals surface area contributed by atoms with Crippen LogP contribution in [-0.2, 0) is 0 Å². The number of hydrogen-bond donors (Lipinski definition) is 2. The Balaban J connectivity index is 2.18. The molecule has 1 aromatic rings. The van der Waals surface area contributed by atoms with Gasteiger partial charge in [-0.25, -0.2) is 0 Å². The van der Waals surface area contributed by atoms with Gasteiger partial charge >= 0.3 is 0 Å². The number of carbonyl (C=O) groups is 1. The van der Waals surface area contributed by atoms with E-state index in [2.05, 4.69) is 24.3 Å². The molecule has 0 spiro atoms. The van der Waals surface area contributed by atoms with Gasteiger partial charge in [-0.05, 0) is 39.5 Å². The highest BCUT2D eigenvalue weighted by atomic mass is 16.3. The van der Waals surface area contributed by atoms with Crippen molar-refractivity contribution in [3.63, 3.8) is 0 Å². The Labute approximate surface area is 120 Å². The predicted octanol–water partition coefficient (Wildman–Crippen LogP) is 2.09. The zero-order valence-corrected chi connectivity index (χ0v) is 12.8. The van der Waals surface area contributed by atoms with Crippen molar-refractivity contribution in [1.82, 2.24) is 15.1 Å². The van der Waals surface area contributed by atoms with Crippen LogP contribution in [0.2, 0.25) is 0 Å². The van der Waals surface area contributed by atoms with E-state index in [-0.39, 0.29) is 30.5 Å². The lowest BCUT2D eigenvalue weighted by Gasteiger charge is -2.19. The third-order valence-corrected chi connectivity index (χ3v) is 4.03. The summed E-state index contributed by atoms with van der Waals surface area (Å²) in [6, 6.07) is 0.211. The molecule has 0 bridgehead atoms. The highest BCUT2D eigenvalue weighted by Crippen LogP contribution is 2.42. The van der Waals surface area contributed by atoms with Crippen molar-refractivity contribution in [2.75, 3.05) is 6.61 Å². The number of aliphatic hydroxyl groups excluding tert-OH is 1. The van der Waals surface area contributed by atoms with Gasteiger partial charge in [-0.15, -0.1) is 0 Å². The highest BCUT2D eigenvalue weighted by Gasteiger charge is 2.33. The molecule has 1 aliphatic rings. The lowest BCUT2D eigenvalue weighted by Crippen LogP contribution is -2.38. The molecule has 112 valence electrons. The van der Waals surface area contributed by atoms with Crippen LogP contribution < -0.4 is 5.32 Å². The predicted molar refractivity (Wildman–Crippen MR) is 77.8 cm³/mol. The quantitative estimate of drug-likeness (QED) is 0.838. The van der Waals surface area contributed by atoms with Crippen LogP contribution in [0.5, 0.6) is 0 Å². The van der Waals surface area contributed by atoms with Crippen molar-refractivity contribution >= 4 is 5.91 Å². The summed E-state index contributed by atoms with van der Waals surface area (Å²) in [5, 5.41) is 16.5. The van der Waals surface area contributed by atoms with Crippen molar-refractivity contribution in [2.24, 2.45) is 5.92 Å². The van der Waals surface area contributed by atoms with Crippen molar-refractivity contribution in [1.29, 1.82) is 0 Å². The van der Waals surface area contributed by atoms with Gasteiger partial charge in [0, 0.05) is 24.6 Å². The molecule has 0 aromatic carbocycles. The molecule has 2 rings (SSSR count). The molecule has 0 saturated heterocycles. The molecule has 0 aliphatic heterocycles. The molecule has 20 heavy (non-hydrogen) atoms. The third-order valence-electron chi connectivity index (χ3n) is 4.03. The fraction of sp³-hybridized carbons (Fsp3) is 0.733. The zero-order chi connectivity index (χ0) is 14.9. The minimum Gasteiger partial charge on any atom is -0.396 e. The SMILES string of the molecule is CC(CO)C(C)NC(=O)c1cnn(C(C)C)c1C1CC1. The summed E-state index contributed by atoms with van der Waals surface area (Å²) in [5.41, 5.74) is 1.76. The van der Waals surface area contributed by atoms with Crippen LogP contribution in [0.4, 0.5) is 0 Å². The molecule has 5 heteroatoms. The van der Waals surface area contributed by atoms with E-state index < -0.39 is 0 Å². The van der Waals surface area contributed by atoms with Gasteiger partial charge in [-0.2, -0.15) is 5.10 Å². The standard InChI is InChI=1S/C15H25N3O2/c1-9(2)18-14(12-5-6-12)13(7-16-18)15(20)17-11(4)10(3)8-19/h7,9-12,19H,5-6,8H2,1-4H3,(H,17,20). The van der Waals surface area contributed by atoms with Crippen molar-refractivity contribution < 1.29 is 9.90 Å². The summed E-state index contributed by atoms with van der Waals surface area (Å²) in [7, 11) is 0. The number of aliphatic hydroxyl groups is 1. The normalized spacial score (nSPS) is 18.1. The van der Waals surface area contributed by atoms with Crippen LogP contribution in [0.15, 0.2) is 6.20 Å². The topological polar surface area (TPSA) is 67.2 Å².